The van der Waals surface area contributed by atoms with Crippen LogP contribution in [0.2, 0.25) is 0 Å². The number of rotatable bonds is 4. The van der Waals surface area contributed by atoms with Crippen molar-refractivity contribution in [2.75, 3.05) is 17.5 Å². The Bertz CT molecular complexity index is 1410. The number of hydrogen-bond donors (Lipinski definition) is 2. The number of aromatic nitrogens is 3. The first kappa shape index (κ1) is 23.0. The quantitative estimate of drug-likeness (QED) is 0.607. The van der Waals surface area contributed by atoms with Crippen LogP contribution < -0.4 is 10.3 Å². The minimum Gasteiger partial charge on any atom is -0.330 e. The zero-order chi connectivity index (χ0) is 24.1. The van der Waals surface area contributed by atoms with E-state index in [-0.39, 0.29) is 23.2 Å². The molecule has 9 nitrogen and oxygen atoms in total. The van der Waals surface area contributed by atoms with Crippen LogP contribution >= 0.6 is 0 Å². The van der Waals surface area contributed by atoms with Crippen molar-refractivity contribution in [1.82, 2.24) is 19.5 Å². The summed E-state index contributed by atoms with van der Waals surface area (Å²) in [6.45, 7) is 8.06. The molecule has 176 valence electrons. The second-order valence-electron chi connectivity index (χ2n) is 9.10. The lowest BCUT2D eigenvalue weighted by molar-refractivity contribution is 0.0552. The van der Waals surface area contributed by atoms with Gasteiger partial charge in [0.25, 0.3) is 11.5 Å². The number of sulfonamides is 1. The van der Waals surface area contributed by atoms with Crippen molar-refractivity contribution >= 4 is 27.3 Å². The van der Waals surface area contributed by atoms with Gasteiger partial charge < -0.3 is 4.90 Å². The predicted molar refractivity (Wildman–Crippen MR) is 127 cm³/mol. The second kappa shape index (κ2) is 8.33. The Kier molecular flexibility index (Phi) is 5.81. The molecule has 2 N–H and O–H groups in total. The number of fused-ring (bicyclic) bond motifs is 1. The van der Waals surface area contributed by atoms with E-state index in [1.165, 1.54) is 4.52 Å². The third kappa shape index (κ3) is 4.52. The first-order valence-electron chi connectivity index (χ1n) is 10.9. The van der Waals surface area contributed by atoms with Crippen LogP contribution in [0.25, 0.3) is 5.65 Å². The van der Waals surface area contributed by atoms with Crippen LogP contribution in [0.15, 0.2) is 29.1 Å². The third-order valence-corrected chi connectivity index (χ3v) is 6.88. The molecule has 0 saturated carbocycles. The zero-order valence-electron chi connectivity index (χ0n) is 19.5. The highest BCUT2D eigenvalue weighted by Crippen LogP contribution is 2.36. The normalized spacial score (nSPS) is 19.1. The van der Waals surface area contributed by atoms with Crippen LogP contribution in [0.3, 0.4) is 0 Å². The fraction of sp³-hybridized carbons (Fsp3) is 0.435. The Balaban J connectivity index is 1.78. The van der Waals surface area contributed by atoms with Gasteiger partial charge in [-0.25, -0.2) is 17.9 Å². The SMILES string of the molecule is Cc1ccc(NS(C)(=O)=O)c(C(=O)N2CCC(C)CC2c2cc3nc(C)c(C)c(=O)n3[nH]2)c1. The first-order valence-corrected chi connectivity index (χ1v) is 12.8. The summed E-state index contributed by atoms with van der Waals surface area (Å²) in [5.41, 5.74) is 3.74. The molecule has 1 amide bonds. The topological polar surface area (TPSA) is 117 Å². The second-order valence-corrected chi connectivity index (χ2v) is 10.8. The largest absolute Gasteiger partial charge is 0.330 e. The number of piperidine rings is 1. The predicted octanol–water partition coefficient (Wildman–Crippen LogP) is 2.93. The van der Waals surface area contributed by atoms with Crippen molar-refractivity contribution < 1.29 is 13.2 Å². The summed E-state index contributed by atoms with van der Waals surface area (Å²) in [7, 11) is -3.55. The maximum Gasteiger partial charge on any atom is 0.275 e. The van der Waals surface area contributed by atoms with Gasteiger partial charge in [0.05, 0.1) is 29.2 Å². The number of benzene rings is 1. The summed E-state index contributed by atoms with van der Waals surface area (Å²) in [6, 6.07) is 6.61. The van der Waals surface area contributed by atoms with Crippen molar-refractivity contribution in [1.29, 1.82) is 0 Å². The Morgan fingerprint density at radius 2 is 1.94 bits per heavy atom. The number of nitrogens with one attached hydrogen (secondary N) is 2. The number of anilines is 1. The monoisotopic (exact) mass is 471 g/mol. The number of aryl methyl sites for hydroxylation is 2. The molecule has 2 unspecified atom stereocenters. The molecule has 0 spiro atoms. The molecule has 2 aromatic heterocycles. The lowest BCUT2D eigenvalue weighted by Crippen LogP contribution is -2.41. The summed E-state index contributed by atoms with van der Waals surface area (Å²) < 4.78 is 27.6. The molecule has 1 fully saturated rings. The Hall–Kier alpha value is -3.14. The van der Waals surface area contributed by atoms with E-state index in [4.69, 9.17) is 0 Å². The average molecular weight is 472 g/mol. The molecule has 1 saturated heterocycles. The van der Waals surface area contributed by atoms with Gasteiger partial charge in [-0.2, -0.15) is 0 Å². The van der Waals surface area contributed by atoms with Crippen molar-refractivity contribution in [3.8, 4) is 0 Å². The van der Waals surface area contributed by atoms with Gasteiger partial charge in [0.1, 0.15) is 0 Å². The molecule has 0 radical (unpaired) electrons. The zero-order valence-corrected chi connectivity index (χ0v) is 20.3. The molecule has 2 atom stereocenters. The van der Waals surface area contributed by atoms with Gasteiger partial charge in [-0.3, -0.25) is 19.4 Å². The fourth-order valence-corrected chi connectivity index (χ4v) is 4.94. The van der Waals surface area contributed by atoms with E-state index in [0.717, 1.165) is 23.9 Å². The van der Waals surface area contributed by atoms with Gasteiger partial charge in [0.15, 0.2) is 5.65 Å². The smallest absolute Gasteiger partial charge is 0.275 e. The highest BCUT2D eigenvalue weighted by molar-refractivity contribution is 7.92. The minimum absolute atomic E-state index is 0.163. The third-order valence-electron chi connectivity index (χ3n) is 6.29. The fourth-order valence-electron chi connectivity index (χ4n) is 4.37. The number of carbonyl (C=O) groups is 1. The number of hydrogen-bond acceptors (Lipinski definition) is 5. The van der Waals surface area contributed by atoms with E-state index in [1.807, 2.05) is 13.0 Å². The highest BCUT2D eigenvalue weighted by atomic mass is 32.2. The molecule has 33 heavy (non-hydrogen) atoms. The molecule has 3 aromatic rings. The van der Waals surface area contributed by atoms with Crippen LogP contribution in [0.1, 0.15) is 58.7 Å². The summed E-state index contributed by atoms with van der Waals surface area (Å²) in [5, 5.41) is 3.16. The lowest BCUT2D eigenvalue weighted by atomic mass is 9.90. The molecule has 1 aliphatic heterocycles. The Labute approximate surface area is 192 Å². The highest BCUT2D eigenvalue weighted by Gasteiger charge is 2.34. The van der Waals surface area contributed by atoms with Gasteiger partial charge >= 0.3 is 0 Å². The molecule has 0 aliphatic carbocycles. The lowest BCUT2D eigenvalue weighted by Gasteiger charge is -2.38. The maximum atomic E-state index is 13.7. The van der Waals surface area contributed by atoms with E-state index in [9.17, 15) is 18.0 Å². The number of amides is 1. The van der Waals surface area contributed by atoms with E-state index >= 15 is 0 Å². The van der Waals surface area contributed by atoms with Gasteiger partial charge in [-0.1, -0.05) is 18.6 Å². The van der Waals surface area contributed by atoms with Gasteiger partial charge in [-0.05, 0) is 51.7 Å². The van der Waals surface area contributed by atoms with Crippen LogP contribution in [0.4, 0.5) is 5.69 Å². The van der Waals surface area contributed by atoms with Gasteiger partial charge in [0, 0.05) is 23.9 Å². The van der Waals surface area contributed by atoms with Crippen molar-refractivity contribution in [2.24, 2.45) is 5.92 Å². The van der Waals surface area contributed by atoms with Crippen molar-refractivity contribution in [3.05, 3.63) is 62.7 Å². The number of nitrogens with zero attached hydrogens (tertiary/aromatic N) is 3. The van der Waals surface area contributed by atoms with Crippen LogP contribution in [0, 0.1) is 26.7 Å². The number of H-pyrrole nitrogens is 1. The molecule has 1 aromatic carbocycles. The standard InChI is InChI=1S/C23H29N5O4S/c1-13-6-7-18(26-33(5,31)32)17(10-13)23(30)27-9-8-14(2)11-20(27)19-12-21-24-16(4)15(3)22(29)28(21)25-19/h6-7,10,12,14,20,25-26H,8-9,11H2,1-5H3. The van der Waals surface area contributed by atoms with E-state index in [2.05, 4.69) is 21.7 Å². The molecule has 4 rings (SSSR count). The average Bonchev–Trinajstić information content (AvgIpc) is 3.16. The van der Waals surface area contributed by atoms with E-state index in [1.54, 1.807) is 36.9 Å². The first-order chi connectivity index (χ1) is 15.4. The van der Waals surface area contributed by atoms with E-state index < -0.39 is 10.0 Å². The van der Waals surface area contributed by atoms with Crippen LogP contribution in [-0.2, 0) is 10.0 Å². The summed E-state index contributed by atoms with van der Waals surface area (Å²) in [6.07, 6.45) is 2.61. The molecule has 1 aliphatic rings. The molecular formula is C23H29N5O4S. The van der Waals surface area contributed by atoms with E-state index in [0.29, 0.717) is 41.4 Å². The van der Waals surface area contributed by atoms with Crippen LogP contribution in [0.5, 0.6) is 0 Å². The molecule has 10 heteroatoms. The minimum atomic E-state index is -3.55. The summed E-state index contributed by atoms with van der Waals surface area (Å²) in [5.74, 6) is 0.123. The Morgan fingerprint density at radius 3 is 2.64 bits per heavy atom. The maximum absolute atomic E-state index is 13.7. The number of likely N-dealkylation sites (tertiary alicyclic amines) is 1. The van der Waals surface area contributed by atoms with Gasteiger partial charge in [-0.15, -0.1) is 0 Å². The molecule has 0 bridgehead atoms. The molecular weight excluding hydrogens is 442 g/mol. The number of carbonyl (C=O) groups excluding carboxylic acids is 1. The Morgan fingerprint density at radius 1 is 1.21 bits per heavy atom. The molecule has 3 heterocycles. The summed E-state index contributed by atoms with van der Waals surface area (Å²) in [4.78, 5) is 32.7. The number of aromatic amines is 1. The summed E-state index contributed by atoms with van der Waals surface area (Å²) >= 11 is 0. The van der Waals surface area contributed by atoms with Crippen molar-refractivity contribution in [3.63, 3.8) is 0 Å². The van der Waals surface area contributed by atoms with Crippen LogP contribution in [-0.4, -0.2) is 46.6 Å². The van der Waals surface area contributed by atoms with Crippen molar-refractivity contribution in [2.45, 2.75) is 46.6 Å². The van der Waals surface area contributed by atoms with Gasteiger partial charge in [0.2, 0.25) is 10.0 Å².